The minimum absolute atomic E-state index is 0.175. The third-order valence-electron chi connectivity index (χ3n) is 5.78. The molecule has 0 aliphatic heterocycles. The molecule has 3 N–H and O–H groups in total. The van der Waals surface area contributed by atoms with Crippen LogP contribution in [0.15, 0.2) is 85.2 Å². The Morgan fingerprint density at radius 3 is 1.46 bits per heavy atom. The zero-order valence-electron chi connectivity index (χ0n) is 22.9. The second-order valence-electron chi connectivity index (χ2n) is 8.93. The fourth-order valence-corrected chi connectivity index (χ4v) is 3.52. The molecule has 10 heteroatoms. The van der Waals surface area contributed by atoms with Gasteiger partial charge in [0.15, 0.2) is 0 Å². The molecule has 2 aromatic carbocycles. The summed E-state index contributed by atoms with van der Waals surface area (Å²) in [4.78, 5) is 53.1. The van der Waals surface area contributed by atoms with Crippen molar-refractivity contribution in [3.05, 3.63) is 108 Å². The molecule has 4 rings (SSSR count). The smallest absolute Gasteiger partial charge is 0.325 e. The van der Waals surface area contributed by atoms with E-state index in [0.29, 0.717) is 0 Å². The van der Waals surface area contributed by atoms with Crippen LogP contribution in [0.25, 0.3) is 22.3 Å². The molecule has 0 unspecified atom stereocenters. The summed E-state index contributed by atoms with van der Waals surface area (Å²) in [7, 11) is 1.27. The Morgan fingerprint density at radius 1 is 0.659 bits per heavy atom. The van der Waals surface area contributed by atoms with E-state index in [1.165, 1.54) is 18.9 Å². The zero-order chi connectivity index (χ0) is 29.8. The van der Waals surface area contributed by atoms with Crippen molar-refractivity contribution in [1.82, 2.24) is 20.6 Å². The molecule has 4 aromatic rings. The number of aryl methyl sites for hydroxylation is 2. The highest BCUT2D eigenvalue weighted by atomic mass is 16.5. The molecule has 0 radical (unpaired) electrons. The molecule has 0 aliphatic carbocycles. The van der Waals surface area contributed by atoms with Crippen LogP contribution in [0.3, 0.4) is 0 Å². The van der Waals surface area contributed by atoms with Crippen molar-refractivity contribution < 1.29 is 29.0 Å². The Bertz CT molecular complexity index is 1520. The van der Waals surface area contributed by atoms with E-state index >= 15 is 0 Å². The molecular weight excluding hydrogens is 524 g/mol. The summed E-state index contributed by atoms with van der Waals surface area (Å²) < 4.78 is 4.47. The van der Waals surface area contributed by atoms with Crippen LogP contribution in [0.2, 0.25) is 0 Å². The van der Waals surface area contributed by atoms with Gasteiger partial charge in [-0.3, -0.25) is 29.1 Å². The molecule has 0 saturated carbocycles. The summed E-state index contributed by atoms with van der Waals surface area (Å²) in [5.74, 6) is -2.50. The molecule has 0 fully saturated rings. The minimum Gasteiger partial charge on any atom is -0.480 e. The molecule has 2 aromatic heterocycles. The molecule has 0 spiro atoms. The van der Waals surface area contributed by atoms with Crippen molar-refractivity contribution in [2.24, 2.45) is 0 Å². The number of carboxylic acid groups (broad SMARTS) is 1. The Hall–Kier alpha value is -5.38. The summed E-state index contributed by atoms with van der Waals surface area (Å²) in [5.41, 5.74) is 6.52. The number of aromatic nitrogens is 2. The topological polar surface area (TPSA) is 148 Å². The largest absolute Gasteiger partial charge is 0.480 e. The lowest BCUT2D eigenvalue weighted by atomic mass is 10.0. The highest BCUT2D eigenvalue weighted by Crippen LogP contribution is 2.21. The third kappa shape index (κ3) is 9.39. The number of hydrogen-bond acceptors (Lipinski definition) is 7. The van der Waals surface area contributed by atoms with Crippen LogP contribution in [-0.4, -0.2) is 59.0 Å². The number of methoxy groups -OCH3 is 1. The van der Waals surface area contributed by atoms with Gasteiger partial charge in [-0.05, 0) is 60.4 Å². The van der Waals surface area contributed by atoms with Crippen LogP contribution in [0, 0.1) is 13.8 Å². The first-order valence-corrected chi connectivity index (χ1v) is 12.6. The van der Waals surface area contributed by atoms with Crippen molar-refractivity contribution in [2.75, 3.05) is 20.2 Å². The average molecular weight is 555 g/mol. The van der Waals surface area contributed by atoms with Gasteiger partial charge in [0.2, 0.25) is 0 Å². The molecule has 0 saturated heterocycles. The van der Waals surface area contributed by atoms with Crippen LogP contribution in [-0.2, 0) is 14.3 Å². The number of carbonyl (C=O) groups is 4. The maximum Gasteiger partial charge on any atom is 0.325 e. The first-order valence-electron chi connectivity index (χ1n) is 12.6. The first kappa shape index (κ1) is 30.2. The number of esters is 1. The van der Waals surface area contributed by atoms with Crippen LogP contribution in [0.4, 0.5) is 0 Å². The fourth-order valence-electron chi connectivity index (χ4n) is 3.52. The van der Waals surface area contributed by atoms with E-state index in [-0.39, 0.29) is 17.9 Å². The SMILES string of the molecule is COC(=O)CNC(=O)c1cc(-c2ccc(C)cc2)ccn1.Cc1ccc(-c2ccnc(C(=O)NCC(=O)O)c2)cc1. The average Bonchev–Trinajstić information content (AvgIpc) is 2.99. The van der Waals surface area contributed by atoms with E-state index in [4.69, 9.17) is 5.11 Å². The van der Waals surface area contributed by atoms with E-state index in [9.17, 15) is 19.2 Å². The lowest BCUT2D eigenvalue weighted by Crippen LogP contribution is -2.30. The van der Waals surface area contributed by atoms with Gasteiger partial charge in [0.1, 0.15) is 24.5 Å². The zero-order valence-corrected chi connectivity index (χ0v) is 22.9. The number of ether oxygens (including phenoxy) is 1. The summed E-state index contributed by atoms with van der Waals surface area (Å²) in [6, 6.07) is 22.9. The predicted molar refractivity (Wildman–Crippen MR) is 153 cm³/mol. The maximum absolute atomic E-state index is 11.9. The van der Waals surface area contributed by atoms with Gasteiger partial charge >= 0.3 is 11.9 Å². The predicted octanol–water partition coefficient (Wildman–Crippen LogP) is 3.83. The number of hydrogen-bond donors (Lipinski definition) is 3. The number of pyridine rings is 2. The number of nitrogens with one attached hydrogen (secondary N) is 2. The van der Waals surface area contributed by atoms with Gasteiger partial charge in [0, 0.05) is 12.4 Å². The normalized spacial score (nSPS) is 10.0. The van der Waals surface area contributed by atoms with Crippen LogP contribution >= 0.6 is 0 Å². The number of aliphatic carboxylic acids is 1. The van der Waals surface area contributed by atoms with Crippen molar-refractivity contribution in [3.8, 4) is 22.3 Å². The molecule has 2 heterocycles. The van der Waals surface area contributed by atoms with Gasteiger partial charge in [0.25, 0.3) is 11.8 Å². The second kappa shape index (κ2) is 14.7. The Labute approximate surface area is 237 Å². The lowest BCUT2D eigenvalue weighted by Gasteiger charge is -2.06. The highest BCUT2D eigenvalue weighted by Gasteiger charge is 2.11. The number of nitrogens with zero attached hydrogens (tertiary/aromatic N) is 2. The number of carbonyl (C=O) groups excluding carboxylic acids is 3. The first-order chi connectivity index (χ1) is 19.7. The summed E-state index contributed by atoms with van der Waals surface area (Å²) >= 11 is 0. The van der Waals surface area contributed by atoms with Crippen LogP contribution in [0.1, 0.15) is 32.1 Å². The Balaban J connectivity index is 0.000000226. The summed E-state index contributed by atoms with van der Waals surface area (Å²) in [6.45, 7) is 3.42. The molecule has 0 bridgehead atoms. The molecule has 0 aliphatic rings. The van der Waals surface area contributed by atoms with Gasteiger partial charge in [-0.15, -0.1) is 0 Å². The van der Waals surface area contributed by atoms with E-state index in [1.807, 2.05) is 68.4 Å². The second-order valence-corrected chi connectivity index (χ2v) is 8.93. The molecule has 210 valence electrons. The van der Waals surface area contributed by atoms with Crippen molar-refractivity contribution in [2.45, 2.75) is 13.8 Å². The number of benzene rings is 2. The Morgan fingerprint density at radius 2 is 1.07 bits per heavy atom. The molecular formula is C31H30N4O6. The van der Waals surface area contributed by atoms with Crippen LogP contribution < -0.4 is 10.6 Å². The molecule has 10 nitrogen and oxygen atoms in total. The molecule has 0 atom stereocenters. The molecule has 41 heavy (non-hydrogen) atoms. The lowest BCUT2D eigenvalue weighted by molar-refractivity contribution is -0.139. The van der Waals surface area contributed by atoms with Crippen LogP contribution in [0.5, 0.6) is 0 Å². The third-order valence-corrected chi connectivity index (χ3v) is 5.78. The van der Waals surface area contributed by atoms with Crippen molar-refractivity contribution in [3.63, 3.8) is 0 Å². The monoisotopic (exact) mass is 554 g/mol. The van der Waals surface area contributed by atoms with E-state index in [1.54, 1.807) is 24.4 Å². The van der Waals surface area contributed by atoms with Gasteiger partial charge in [-0.1, -0.05) is 59.7 Å². The summed E-state index contributed by atoms with van der Waals surface area (Å²) in [5, 5.41) is 13.3. The van der Waals surface area contributed by atoms with Gasteiger partial charge in [0.05, 0.1) is 7.11 Å². The quantitative estimate of drug-likeness (QED) is 0.279. The molecule has 2 amide bonds. The van der Waals surface area contributed by atoms with E-state index < -0.39 is 30.3 Å². The fraction of sp³-hybridized carbons (Fsp3) is 0.161. The number of carboxylic acids is 1. The maximum atomic E-state index is 11.9. The van der Waals surface area contributed by atoms with Gasteiger partial charge < -0.3 is 20.5 Å². The number of amides is 2. The highest BCUT2D eigenvalue weighted by molar-refractivity contribution is 5.95. The van der Waals surface area contributed by atoms with Gasteiger partial charge in [-0.25, -0.2) is 0 Å². The van der Waals surface area contributed by atoms with E-state index in [0.717, 1.165) is 27.8 Å². The van der Waals surface area contributed by atoms with Crippen molar-refractivity contribution in [1.29, 1.82) is 0 Å². The standard InChI is InChI=1S/C16H16N2O3.C15H14N2O3/c1-11-3-5-12(6-4-11)13-7-8-17-14(9-13)16(20)18-10-15(19)21-2;1-10-2-4-11(5-3-10)12-6-7-16-13(8-12)15(20)17-9-14(18)19/h3-9H,10H2,1-2H3,(H,18,20);2-8H,9H2,1H3,(H,17,20)(H,18,19). The van der Waals surface area contributed by atoms with E-state index in [2.05, 4.69) is 25.3 Å². The van der Waals surface area contributed by atoms with Gasteiger partial charge in [-0.2, -0.15) is 0 Å². The van der Waals surface area contributed by atoms with Crippen molar-refractivity contribution >= 4 is 23.8 Å². The number of rotatable bonds is 8. The minimum atomic E-state index is -1.09. The Kier molecular flexibility index (Phi) is 10.8. The summed E-state index contributed by atoms with van der Waals surface area (Å²) in [6.07, 6.45) is 3.10.